The third kappa shape index (κ3) is 2.82. The van der Waals surface area contributed by atoms with Gasteiger partial charge in [-0.3, -0.25) is 10.4 Å². The lowest BCUT2D eigenvalue weighted by Gasteiger charge is -2.23. The van der Waals surface area contributed by atoms with E-state index in [1.54, 1.807) is 12.1 Å². The molecule has 4 rings (SSSR count). The van der Waals surface area contributed by atoms with Crippen molar-refractivity contribution < 1.29 is 4.52 Å². The normalized spacial score (nSPS) is 10.9. The first kappa shape index (κ1) is 15.6. The predicted octanol–water partition coefficient (Wildman–Crippen LogP) is 4.52. The van der Waals surface area contributed by atoms with Crippen molar-refractivity contribution in [2.75, 3.05) is 12.1 Å². The zero-order valence-corrected chi connectivity index (χ0v) is 14.4. The minimum Gasteiger partial charge on any atom is -0.355 e. The molecule has 6 heteroatoms. The first-order chi connectivity index (χ1) is 12.3. The summed E-state index contributed by atoms with van der Waals surface area (Å²) < 4.78 is 5.56. The Balaban J connectivity index is 1.79. The van der Waals surface area contributed by atoms with Crippen LogP contribution in [0.4, 0.5) is 5.69 Å². The van der Waals surface area contributed by atoms with Crippen LogP contribution in [0.25, 0.3) is 22.2 Å². The summed E-state index contributed by atoms with van der Waals surface area (Å²) in [6.07, 6.45) is 0. The van der Waals surface area contributed by atoms with Crippen LogP contribution in [0.1, 0.15) is 4.88 Å². The van der Waals surface area contributed by atoms with Crippen molar-refractivity contribution in [2.24, 2.45) is 0 Å². The maximum absolute atomic E-state index is 8.46. The minimum absolute atomic E-state index is 0.398. The van der Waals surface area contributed by atoms with E-state index >= 15 is 0 Å². The summed E-state index contributed by atoms with van der Waals surface area (Å²) in [6, 6.07) is 19.6. The number of nitrogens with one attached hydrogen (secondary N) is 2. The van der Waals surface area contributed by atoms with Gasteiger partial charge in [0.25, 0.3) is 0 Å². The van der Waals surface area contributed by atoms with E-state index in [0.29, 0.717) is 5.84 Å². The van der Waals surface area contributed by atoms with Gasteiger partial charge >= 0.3 is 0 Å². The summed E-state index contributed by atoms with van der Waals surface area (Å²) in [7, 11) is 1.80. The average molecular weight is 348 g/mol. The van der Waals surface area contributed by atoms with Gasteiger partial charge in [-0.2, -0.15) is 0 Å². The largest absolute Gasteiger partial charge is 0.355 e. The Bertz CT molecular complexity index is 1010. The number of rotatable bonds is 4. The molecule has 2 aromatic heterocycles. The summed E-state index contributed by atoms with van der Waals surface area (Å²) in [5, 5.41) is 17.2. The van der Waals surface area contributed by atoms with Crippen LogP contribution >= 0.6 is 11.3 Å². The van der Waals surface area contributed by atoms with E-state index in [4.69, 9.17) is 9.93 Å². The second kappa shape index (κ2) is 6.51. The molecule has 4 aromatic rings. The molecule has 0 atom stereocenters. The Kier molecular flexibility index (Phi) is 4.05. The summed E-state index contributed by atoms with van der Waals surface area (Å²) in [4.78, 5) is 0.892. The molecule has 0 saturated carbocycles. The van der Waals surface area contributed by atoms with Gasteiger partial charge in [0.1, 0.15) is 5.52 Å². The van der Waals surface area contributed by atoms with Crippen LogP contribution < -0.4 is 10.4 Å². The molecule has 124 valence electrons. The molecule has 0 spiro atoms. The molecule has 5 nitrogen and oxygen atoms in total. The molecule has 0 radical (unpaired) electrons. The maximum Gasteiger partial charge on any atom is 0.174 e. The molecule has 0 aliphatic carbocycles. The molecule has 0 amide bonds. The number of hydrogen-bond donors (Lipinski definition) is 2. The third-order valence-corrected chi connectivity index (χ3v) is 4.83. The van der Waals surface area contributed by atoms with Gasteiger partial charge in [-0.1, -0.05) is 41.6 Å². The number of nitrogens with zero attached hydrogens (tertiary/aromatic N) is 2. The van der Waals surface area contributed by atoms with Crippen molar-refractivity contribution in [3.8, 4) is 11.3 Å². The second-order valence-electron chi connectivity index (χ2n) is 5.46. The SMILES string of the molecule is CNN(C(=N)c1cccs1)c1ccc2noc(-c3ccccc3)c2c1. The first-order valence-electron chi connectivity index (χ1n) is 7.83. The van der Waals surface area contributed by atoms with E-state index in [0.717, 1.165) is 32.8 Å². The fourth-order valence-electron chi connectivity index (χ4n) is 2.76. The molecular weight excluding hydrogens is 332 g/mol. The number of thiophene rings is 1. The van der Waals surface area contributed by atoms with E-state index in [1.165, 1.54) is 11.3 Å². The second-order valence-corrected chi connectivity index (χ2v) is 6.41. The molecule has 0 unspecified atom stereocenters. The molecule has 0 aliphatic rings. The lowest BCUT2D eigenvalue weighted by molar-refractivity contribution is 0.441. The highest BCUT2D eigenvalue weighted by atomic mass is 32.1. The van der Waals surface area contributed by atoms with Crippen LogP contribution in [-0.4, -0.2) is 18.0 Å². The van der Waals surface area contributed by atoms with Gasteiger partial charge in [0, 0.05) is 12.6 Å². The topological polar surface area (TPSA) is 65.2 Å². The monoisotopic (exact) mass is 348 g/mol. The van der Waals surface area contributed by atoms with E-state index in [2.05, 4.69) is 10.6 Å². The zero-order valence-electron chi connectivity index (χ0n) is 13.6. The summed E-state index contributed by atoms with van der Waals surface area (Å²) in [5.74, 6) is 1.13. The summed E-state index contributed by atoms with van der Waals surface area (Å²) >= 11 is 1.54. The lowest BCUT2D eigenvalue weighted by Crippen LogP contribution is -2.40. The van der Waals surface area contributed by atoms with Crippen molar-refractivity contribution in [1.82, 2.24) is 10.6 Å². The molecule has 2 N–H and O–H groups in total. The smallest absolute Gasteiger partial charge is 0.174 e. The van der Waals surface area contributed by atoms with Crippen molar-refractivity contribution in [3.63, 3.8) is 0 Å². The summed E-state index contributed by atoms with van der Waals surface area (Å²) in [5.41, 5.74) is 5.71. The highest BCUT2D eigenvalue weighted by Crippen LogP contribution is 2.31. The number of fused-ring (bicyclic) bond motifs is 1. The molecular formula is C19H16N4OS. The quantitative estimate of drug-likeness (QED) is 0.323. The van der Waals surface area contributed by atoms with Crippen LogP contribution in [0.2, 0.25) is 0 Å². The van der Waals surface area contributed by atoms with Gasteiger partial charge in [0.15, 0.2) is 11.6 Å². The maximum atomic E-state index is 8.46. The molecule has 25 heavy (non-hydrogen) atoms. The summed E-state index contributed by atoms with van der Waals surface area (Å²) in [6.45, 7) is 0. The van der Waals surface area contributed by atoms with Crippen molar-refractivity contribution in [3.05, 3.63) is 70.9 Å². The van der Waals surface area contributed by atoms with E-state index < -0.39 is 0 Å². The van der Waals surface area contributed by atoms with E-state index in [1.807, 2.05) is 66.0 Å². The molecule has 0 fully saturated rings. The van der Waals surface area contributed by atoms with E-state index in [9.17, 15) is 0 Å². The molecule has 0 bridgehead atoms. The van der Waals surface area contributed by atoms with Gasteiger partial charge in [0.05, 0.1) is 16.0 Å². The van der Waals surface area contributed by atoms with Crippen molar-refractivity contribution in [1.29, 1.82) is 5.41 Å². The Labute approximate surface area is 149 Å². The molecule has 0 saturated heterocycles. The number of benzene rings is 2. The Morgan fingerprint density at radius 1 is 1.12 bits per heavy atom. The van der Waals surface area contributed by atoms with Crippen LogP contribution in [-0.2, 0) is 0 Å². The van der Waals surface area contributed by atoms with Gasteiger partial charge in [-0.25, -0.2) is 5.43 Å². The van der Waals surface area contributed by atoms with Crippen molar-refractivity contribution in [2.45, 2.75) is 0 Å². The number of hydrazine groups is 1. The Hall–Kier alpha value is -2.96. The van der Waals surface area contributed by atoms with E-state index in [-0.39, 0.29) is 0 Å². The van der Waals surface area contributed by atoms with Crippen LogP contribution in [0.15, 0.2) is 70.6 Å². The fourth-order valence-corrected chi connectivity index (χ4v) is 3.42. The first-order valence-corrected chi connectivity index (χ1v) is 8.70. The number of amidine groups is 1. The number of anilines is 1. The highest BCUT2D eigenvalue weighted by Gasteiger charge is 2.17. The number of aromatic nitrogens is 1. The van der Waals surface area contributed by atoms with Crippen LogP contribution in [0, 0.1) is 5.41 Å². The number of hydrogen-bond acceptors (Lipinski definition) is 5. The zero-order chi connectivity index (χ0) is 17.2. The average Bonchev–Trinajstić information content (AvgIpc) is 3.33. The van der Waals surface area contributed by atoms with Gasteiger partial charge in [-0.05, 0) is 29.6 Å². The Morgan fingerprint density at radius 3 is 2.68 bits per heavy atom. The standard InChI is InChI=1S/C19H16N4OS/c1-21-23(19(20)17-8-5-11-25-17)14-9-10-16-15(12-14)18(24-22-16)13-6-3-2-4-7-13/h2-12,20-21H,1H3. The lowest BCUT2D eigenvalue weighted by atomic mass is 10.1. The fraction of sp³-hybridized carbons (Fsp3) is 0.0526. The predicted molar refractivity (Wildman–Crippen MR) is 102 cm³/mol. The molecule has 0 aliphatic heterocycles. The van der Waals surface area contributed by atoms with Crippen LogP contribution in [0.3, 0.4) is 0 Å². The third-order valence-electron chi connectivity index (χ3n) is 3.96. The highest BCUT2D eigenvalue weighted by molar-refractivity contribution is 7.12. The minimum atomic E-state index is 0.398. The van der Waals surface area contributed by atoms with Gasteiger partial charge in [-0.15, -0.1) is 11.3 Å². The molecule has 2 heterocycles. The molecule has 2 aromatic carbocycles. The van der Waals surface area contributed by atoms with Crippen molar-refractivity contribution >= 4 is 33.8 Å². The van der Waals surface area contributed by atoms with Gasteiger partial charge in [0.2, 0.25) is 0 Å². The van der Waals surface area contributed by atoms with Crippen LogP contribution in [0.5, 0.6) is 0 Å². The van der Waals surface area contributed by atoms with Gasteiger partial charge < -0.3 is 4.52 Å². The Morgan fingerprint density at radius 2 is 1.96 bits per heavy atom.